The van der Waals surface area contributed by atoms with Crippen molar-refractivity contribution in [2.24, 2.45) is 0 Å². The molecule has 0 radical (unpaired) electrons. The molecule has 0 aliphatic carbocycles. The molecule has 0 spiro atoms. The summed E-state index contributed by atoms with van der Waals surface area (Å²) in [6.07, 6.45) is 37.6. The molecule has 0 aromatic heterocycles. The summed E-state index contributed by atoms with van der Waals surface area (Å²) in [7, 11) is -5.07. The first-order valence-corrected chi connectivity index (χ1v) is 22.7. The van der Waals surface area contributed by atoms with E-state index in [4.69, 9.17) is 23.5 Å². The number of aliphatic hydroxyl groups is 3. The van der Waals surface area contributed by atoms with E-state index in [9.17, 15) is 28.5 Å². The Kier molecular flexibility index (Phi) is 33.2. The van der Waals surface area contributed by atoms with E-state index in [1.165, 1.54) is 0 Å². The second-order valence-electron chi connectivity index (χ2n) is 14.2. The highest BCUT2D eigenvalue weighted by molar-refractivity contribution is 7.80. The molecule has 0 saturated carbocycles. The third kappa shape index (κ3) is 29.5. The average molecular weight is 839 g/mol. The lowest BCUT2D eigenvalue weighted by Crippen LogP contribution is -2.60. The van der Waals surface area contributed by atoms with Crippen molar-refractivity contribution >= 4 is 16.4 Å². The van der Waals surface area contributed by atoms with Gasteiger partial charge in [-0.2, -0.15) is 8.42 Å². The zero-order valence-electron chi connectivity index (χ0n) is 35.1. The lowest BCUT2D eigenvalue weighted by atomic mass is 9.99. The van der Waals surface area contributed by atoms with E-state index in [1.807, 2.05) is 0 Å². The van der Waals surface area contributed by atoms with E-state index in [1.54, 1.807) is 0 Å². The molecule has 1 aliphatic rings. The second-order valence-corrected chi connectivity index (χ2v) is 15.2. The first-order chi connectivity index (χ1) is 28.1. The lowest BCUT2D eigenvalue weighted by molar-refractivity contribution is -0.301. The maximum atomic E-state index is 12.8. The maximum Gasteiger partial charge on any atom is 0.397 e. The topological polar surface area (TPSA) is 178 Å². The number of esters is 1. The largest absolute Gasteiger partial charge is 0.457 e. The third-order valence-corrected chi connectivity index (χ3v) is 9.48. The summed E-state index contributed by atoms with van der Waals surface area (Å²) in [5.74, 6) is -0.436. The number of rotatable bonds is 35. The van der Waals surface area contributed by atoms with Crippen molar-refractivity contribution in [1.29, 1.82) is 0 Å². The van der Waals surface area contributed by atoms with Crippen LogP contribution in [0.25, 0.3) is 0 Å². The van der Waals surface area contributed by atoms with Crippen molar-refractivity contribution in [3.63, 3.8) is 0 Å². The zero-order valence-corrected chi connectivity index (χ0v) is 35.9. The summed E-state index contributed by atoms with van der Waals surface area (Å²) in [6, 6.07) is 0. The van der Waals surface area contributed by atoms with Gasteiger partial charge in [0.15, 0.2) is 6.29 Å². The molecule has 0 amide bonds. The number of aliphatic hydroxyl groups excluding tert-OH is 3. The summed E-state index contributed by atoms with van der Waals surface area (Å²) in [5, 5.41) is 30.6. The SMILES string of the molecule is CC/C=C\C/C=C\C/C=C\C/C=C\CCCCCCC(=O)OC(COCCCCCC/C=C\C/C=C\C/C=C\CC)COC1OC(CO)C(O)C(OS(=O)(=O)O)C1O. The molecule has 4 N–H and O–H groups in total. The van der Waals surface area contributed by atoms with Gasteiger partial charge in [0.2, 0.25) is 0 Å². The van der Waals surface area contributed by atoms with Crippen LogP contribution in [0.4, 0.5) is 0 Å². The van der Waals surface area contributed by atoms with Gasteiger partial charge in [0, 0.05) is 13.0 Å². The minimum atomic E-state index is -5.07. The molecule has 1 saturated heterocycles. The van der Waals surface area contributed by atoms with E-state index in [-0.39, 0.29) is 19.6 Å². The Bertz CT molecular complexity index is 1340. The predicted molar refractivity (Wildman–Crippen MR) is 229 cm³/mol. The third-order valence-electron chi connectivity index (χ3n) is 9.01. The van der Waals surface area contributed by atoms with Crippen LogP contribution in [-0.4, -0.2) is 97.5 Å². The van der Waals surface area contributed by atoms with Crippen LogP contribution >= 0.6 is 0 Å². The van der Waals surface area contributed by atoms with E-state index in [0.29, 0.717) is 13.0 Å². The van der Waals surface area contributed by atoms with Crippen molar-refractivity contribution in [3.05, 3.63) is 85.1 Å². The van der Waals surface area contributed by atoms with Gasteiger partial charge in [-0.05, 0) is 83.5 Å². The van der Waals surface area contributed by atoms with Gasteiger partial charge in [-0.25, -0.2) is 4.18 Å². The Hall–Kier alpha value is -2.72. The van der Waals surface area contributed by atoms with Gasteiger partial charge in [-0.15, -0.1) is 0 Å². The lowest BCUT2D eigenvalue weighted by Gasteiger charge is -2.41. The van der Waals surface area contributed by atoms with Crippen molar-refractivity contribution < 1.29 is 56.2 Å². The van der Waals surface area contributed by atoms with Crippen molar-refractivity contribution in [3.8, 4) is 0 Å². The van der Waals surface area contributed by atoms with Gasteiger partial charge in [-0.1, -0.05) is 125 Å². The number of carbonyl (C=O) groups excluding carboxylic acids is 1. The fourth-order valence-corrected chi connectivity index (χ4v) is 6.36. The van der Waals surface area contributed by atoms with E-state index < -0.39 is 59.8 Å². The second kappa shape index (κ2) is 36.2. The smallest absolute Gasteiger partial charge is 0.397 e. The number of unbranched alkanes of at least 4 members (excludes halogenated alkanes) is 8. The number of ether oxygens (including phenoxy) is 4. The first kappa shape index (κ1) is 53.3. The minimum Gasteiger partial charge on any atom is -0.457 e. The molecule has 1 heterocycles. The van der Waals surface area contributed by atoms with E-state index in [2.05, 4.69) is 103 Å². The minimum absolute atomic E-state index is 0.00488. The molecule has 13 heteroatoms. The Morgan fingerprint density at radius 1 is 0.655 bits per heavy atom. The molecule has 1 aliphatic heterocycles. The van der Waals surface area contributed by atoms with Crippen LogP contribution in [0.3, 0.4) is 0 Å². The number of hydrogen-bond acceptors (Lipinski definition) is 11. The van der Waals surface area contributed by atoms with Crippen LogP contribution in [0, 0.1) is 0 Å². The standard InChI is InChI=1S/C45H74O12S/c1-3-5-7-9-11-13-15-17-19-20-21-22-24-26-28-30-32-34-41(47)55-39(37-53-35-33-31-29-27-25-23-18-16-14-12-10-8-6-4-2)38-54-45-43(49)44(57-58(50,51)52)42(48)40(36-46)56-45/h5-8,11-14,17-19,21-23,39-40,42-46,48-49H,3-4,9-10,15-16,20,24-38H2,1-2H3,(H,50,51,52)/b7-5-,8-6-,13-11-,14-12-,19-17-,22-21-,23-18-. The Morgan fingerprint density at radius 3 is 1.64 bits per heavy atom. The Labute approximate surface area is 349 Å². The molecule has 6 unspecified atom stereocenters. The zero-order chi connectivity index (χ0) is 42.5. The fraction of sp³-hybridized carbons (Fsp3) is 0.667. The van der Waals surface area contributed by atoms with Crippen LogP contribution in [0.1, 0.15) is 129 Å². The summed E-state index contributed by atoms with van der Waals surface area (Å²) in [5.41, 5.74) is 0. The highest BCUT2D eigenvalue weighted by Gasteiger charge is 2.48. The van der Waals surface area contributed by atoms with Crippen molar-refractivity contribution in [2.45, 2.75) is 166 Å². The molecule has 0 aromatic carbocycles. The normalized spacial score (nSPS) is 21.4. The number of allylic oxidation sites excluding steroid dienone is 14. The molecule has 12 nitrogen and oxygen atoms in total. The monoisotopic (exact) mass is 838 g/mol. The van der Waals surface area contributed by atoms with Gasteiger partial charge >= 0.3 is 16.4 Å². The van der Waals surface area contributed by atoms with Gasteiger partial charge in [0.05, 0.1) is 19.8 Å². The molecule has 58 heavy (non-hydrogen) atoms. The maximum absolute atomic E-state index is 12.8. The van der Waals surface area contributed by atoms with Crippen LogP contribution in [0.15, 0.2) is 85.1 Å². The summed E-state index contributed by atoms with van der Waals surface area (Å²) >= 11 is 0. The first-order valence-electron chi connectivity index (χ1n) is 21.3. The highest BCUT2D eigenvalue weighted by atomic mass is 32.3. The fourth-order valence-electron chi connectivity index (χ4n) is 5.85. The van der Waals surface area contributed by atoms with Crippen LogP contribution in [0.5, 0.6) is 0 Å². The molecule has 0 bridgehead atoms. The summed E-state index contributed by atoms with van der Waals surface area (Å²) in [6.45, 7) is 3.64. The molecule has 1 rings (SSSR count). The molecular weight excluding hydrogens is 765 g/mol. The van der Waals surface area contributed by atoms with E-state index in [0.717, 1.165) is 103 Å². The molecule has 1 fully saturated rings. The molecule has 332 valence electrons. The summed E-state index contributed by atoms with van der Waals surface area (Å²) in [4.78, 5) is 12.8. The van der Waals surface area contributed by atoms with Crippen molar-refractivity contribution in [2.75, 3.05) is 26.4 Å². The van der Waals surface area contributed by atoms with Gasteiger partial charge in [0.25, 0.3) is 0 Å². The Morgan fingerprint density at radius 2 is 1.14 bits per heavy atom. The molecular formula is C45H74O12S. The van der Waals surface area contributed by atoms with Crippen LogP contribution in [-0.2, 0) is 38.3 Å². The average Bonchev–Trinajstić information content (AvgIpc) is 3.19. The number of hydrogen-bond donors (Lipinski definition) is 4. The van der Waals surface area contributed by atoms with Crippen LogP contribution in [0.2, 0.25) is 0 Å². The van der Waals surface area contributed by atoms with Crippen molar-refractivity contribution in [1.82, 2.24) is 0 Å². The van der Waals surface area contributed by atoms with Gasteiger partial charge in [0.1, 0.15) is 30.5 Å². The van der Waals surface area contributed by atoms with Gasteiger partial charge < -0.3 is 34.3 Å². The number of carbonyl (C=O) groups is 1. The van der Waals surface area contributed by atoms with Gasteiger partial charge in [-0.3, -0.25) is 9.35 Å². The highest BCUT2D eigenvalue weighted by Crippen LogP contribution is 2.26. The molecule has 6 atom stereocenters. The quantitative estimate of drug-likeness (QED) is 0.0207. The predicted octanol–water partition coefficient (Wildman–Crippen LogP) is 8.51. The molecule has 0 aromatic rings. The Balaban J connectivity index is 2.50. The van der Waals surface area contributed by atoms with E-state index >= 15 is 0 Å². The summed E-state index contributed by atoms with van der Waals surface area (Å²) < 4.78 is 58.9. The van der Waals surface area contributed by atoms with Crippen LogP contribution < -0.4 is 0 Å².